The first-order valence-electron chi connectivity index (χ1n) is 19.3. The highest BCUT2D eigenvalue weighted by atomic mass is 19.1. The molecule has 0 unspecified atom stereocenters. The summed E-state index contributed by atoms with van der Waals surface area (Å²) in [5.74, 6) is -8.90. The molecule has 0 heterocycles. The van der Waals surface area contributed by atoms with E-state index in [-0.39, 0.29) is 50.0 Å². The van der Waals surface area contributed by atoms with Crippen LogP contribution in [-0.4, -0.2) is 125 Å². The Balaban J connectivity index is 1.91. The van der Waals surface area contributed by atoms with E-state index in [4.69, 9.17) is 9.84 Å². The second-order valence-electron chi connectivity index (χ2n) is 13.7. The molecule has 10 N–H and O–H groups in total. The van der Waals surface area contributed by atoms with Gasteiger partial charge in [-0.05, 0) is 74.7 Å². The number of carboxylic acid groups (broad SMARTS) is 4. The topological polar surface area (TPSA) is 328 Å². The number of urea groups is 1. The summed E-state index contributed by atoms with van der Waals surface area (Å²) in [4.78, 5) is 112. The molecule has 0 aliphatic heterocycles. The lowest BCUT2D eigenvalue weighted by Gasteiger charge is -2.20. The molecule has 2 rings (SSSR count). The van der Waals surface area contributed by atoms with Crippen molar-refractivity contribution >= 4 is 60.3 Å². The molecule has 2 aromatic rings. The molecular weight excluding hydrogens is 833 g/mol. The van der Waals surface area contributed by atoms with Crippen LogP contribution in [0.3, 0.4) is 0 Å². The second-order valence-corrected chi connectivity index (χ2v) is 13.7. The summed E-state index contributed by atoms with van der Waals surface area (Å²) < 4.78 is 18.7. The van der Waals surface area contributed by atoms with E-state index in [1.165, 1.54) is 31.2 Å². The molecule has 0 radical (unpaired) electrons. The van der Waals surface area contributed by atoms with Crippen LogP contribution in [0.5, 0.6) is 5.75 Å². The third kappa shape index (κ3) is 20.9. The first-order chi connectivity index (χ1) is 29.9. The fraction of sp³-hybridized carbons (Fsp3) is 0.366. The first-order valence-corrected chi connectivity index (χ1v) is 19.3. The molecule has 4 atom stereocenters. The van der Waals surface area contributed by atoms with E-state index in [9.17, 15) is 62.9 Å². The number of unbranched alkanes of at least 4 members (excludes halogenated alkanes) is 1. The number of nitrogens with one attached hydrogen (secondary N) is 6. The van der Waals surface area contributed by atoms with Crippen LogP contribution in [0.4, 0.5) is 9.18 Å². The van der Waals surface area contributed by atoms with E-state index < -0.39 is 110 Å². The van der Waals surface area contributed by atoms with E-state index in [2.05, 4.69) is 38.3 Å². The SMILES string of the molecule is C=N/C(F)=C\C=C(/C)C(=O)NCC(=O)N[C@@H](Cc1ccc(OCC(=O)N[C@@H](Cc2ccccc2)C(=O)NCCCC[C@H](NC(=O)N[C@@H](CCC(=O)O)C(=O)O)C(=O)O)cc1)C(=O)O. The smallest absolute Gasteiger partial charge is 0.326 e. The average molecular weight is 884 g/mol. The lowest BCUT2D eigenvalue weighted by molar-refractivity contribution is -0.142. The Labute approximate surface area is 360 Å². The third-order valence-electron chi connectivity index (χ3n) is 8.76. The van der Waals surface area contributed by atoms with Gasteiger partial charge in [0.05, 0.1) is 6.54 Å². The number of allylic oxidation sites excluding steroid dienone is 2. The molecule has 0 aromatic heterocycles. The van der Waals surface area contributed by atoms with Crippen LogP contribution in [0, 0.1) is 0 Å². The Kier molecular flexibility index (Phi) is 22.3. The predicted octanol–water partition coefficient (Wildman–Crippen LogP) is 0.836. The second kappa shape index (κ2) is 27.2. The summed E-state index contributed by atoms with van der Waals surface area (Å²) in [6.45, 7) is 3.37. The molecule has 2 aromatic carbocycles. The molecule has 21 nitrogen and oxygen atoms in total. The molecular formula is C41H50FN7O14. The van der Waals surface area contributed by atoms with Gasteiger partial charge < -0.3 is 57.1 Å². The van der Waals surface area contributed by atoms with Gasteiger partial charge in [-0.3, -0.25) is 24.0 Å². The average Bonchev–Trinajstić information content (AvgIpc) is 3.24. The van der Waals surface area contributed by atoms with E-state index in [0.717, 1.165) is 17.7 Å². The number of hydrogen-bond donors (Lipinski definition) is 10. The Morgan fingerprint density at radius 3 is 1.86 bits per heavy atom. The van der Waals surface area contributed by atoms with Crippen LogP contribution in [0.25, 0.3) is 0 Å². The van der Waals surface area contributed by atoms with Gasteiger partial charge in [0.15, 0.2) is 6.61 Å². The summed E-state index contributed by atoms with van der Waals surface area (Å²) in [6, 6.07) is 8.27. The number of rotatable bonds is 28. The van der Waals surface area contributed by atoms with Gasteiger partial charge in [0.1, 0.15) is 29.9 Å². The molecule has 0 fully saturated rings. The van der Waals surface area contributed by atoms with Gasteiger partial charge >= 0.3 is 29.9 Å². The molecule has 0 spiro atoms. The molecule has 0 saturated heterocycles. The van der Waals surface area contributed by atoms with Crippen molar-refractivity contribution in [3.63, 3.8) is 0 Å². The molecule has 0 bridgehead atoms. The minimum absolute atomic E-state index is 0.0563. The number of aliphatic carboxylic acids is 4. The number of aliphatic imine (C=N–C) groups is 1. The summed E-state index contributed by atoms with van der Waals surface area (Å²) in [5, 5.41) is 51.3. The summed E-state index contributed by atoms with van der Waals surface area (Å²) in [6.07, 6.45) is 1.40. The number of carboxylic acids is 4. The van der Waals surface area contributed by atoms with Gasteiger partial charge in [-0.15, -0.1) is 0 Å². The van der Waals surface area contributed by atoms with Crippen molar-refractivity contribution in [2.24, 2.45) is 4.99 Å². The molecule has 340 valence electrons. The van der Waals surface area contributed by atoms with Crippen molar-refractivity contribution < 1.29 is 72.7 Å². The number of carbonyl (C=O) groups is 9. The van der Waals surface area contributed by atoms with E-state index in [1.54, 1.807) is 30.3 Å². The lowest BCUT2D eigenvalue weighted by Crippen LogP contribution is -2.51. The molecule has 0 aliphatic carbocycles. The number of ether oxygens (including phenoxy) is 1. The number of halogens is 1. The van der Waals surface area contributed by atoms with Crippen LogP contribution >= 0.6 is 0 Å². The van der Waals surface area contributed by atoms with Gasteiger partial charge in [0.2, 0.25) is 23.7 Å². The molecule has 63 heavy (non-hydrogen) atoms. The highest BCUT2D eigenvalue weighted by molar-refractivity contribution is 5.96. The number of carbonyl (C=O) groups excluding carboxylic acids is 5. The Morgan fingerprint density at radius 2 is 1.27 bits per heavy atom. The van der Waals surface area contributed by atoms with Crippen molar-refractivity contribution in [1.29, 1.82) is 0 Å². The fourth-order valence-corrected chi connectivity index (χ4v) is 5.42. The summed E-state index contributed by atoms with van der Waals surface area (Å²) >= 11 is 0. The molecule has 0 saturated carbocycles. The lowest BCUT2D eigenvalue weighted by atomic mass is 10.0. The van der Waals surface area contributed by atoms with E-state index in [1.807, 2.05) is 5.32 Å². The molecule has 22 heteroatoms. The largest absolute Gasteiger partial charge is 0.484 e. The van der Waals surface area contributed by atoms with Gasteiger partial charge in [-0.1, -0.05) is 42.5 Å². The van der Waals surface area contributed by atoms with Crippen molar-refractivity contribution in [2.45, 2.75) is 76.0 Å². The maximum atomic E-state index is 13.2. The molecule has 6 amide bonds. The van der Waals surface area contributed by atoms with Crippen LogP contribution in [0.15, 0.2) is 83.3 Å². The highest BCUT2D eigenvalue weighted by Crippen LogP contribution is 2.14. The Hall–Kier alpha value is -7.65. The predicted molar refractivity (Wildman–Crippen MR) is 221 cm³/mol. The zero-order chi connectivity index (χ0) is 46.9. The summed E-state index contributed by atoms with van der Waals surface area (Å²) in [5.41, 5.74) is 1.26. The zero-order valence-corrected chi connectivity index (χ0v) is 34.1. The normalized spacial score (nSPS) is 13.1. The van der Waals surface area contributed by atoms with Crippen LogP contribution in [0.1, 0.15) is 50.2 Å². The standard InChI is InChI=1S/C41H50FN7O14/c1-24(11-17-32(42)43-2)36(54)45-22-33(50)47-31(40(60)61)21-26-12-14-27(15-13-26)63-23-34(51)46-30(20-25-8-4-3-5-9-25)37(55)44-19-7-6-10-28(38(56)57)48-41(62)49-29(39(58)59)16-18-35(52)53/h3-5,8-9,11-15,17,28-31H,2,6-7,10,16,18-23H2,1H3,(H,44,55)(H,45,54)(H,46,51)(H,47,50)(H,52,53)(H,56,57)(H,58,59)(H,60,61)(H2,48,49,62)/b24-11+,32-17-/t28-,29-,30-,31-/m0/s1. The zero-order valence-electron chi connectivity index (χ0n) is 34.1. The van der Waals surface area contributed by atoms with Gasteiger partial charge in [-0.2, -0.15) is 4.39 Å². The Bertz CT molecular complexity index is 2010. The van der Waals surface area contributed by atoms with Crippen LogP contribution in [0.2, 0.25) is 0 Å². The number of hydrogen-bond acceptors (Lipinski definition) is 11. The van der Waals surface area contributed by atoms with Crippen molar-refractivity contribution in [2.75, 3.05) is 19.7 Å². The van der Waals surface area contributed by atoms with Gasteiger partial charge in [-0.25, -0.2) is 24.2 Å². The van der Waals surface area contributed by atoms with Crippen molar-refractivity contribution in [3.05, 3.63) is 89.4 Å². The fourth-order valence-electron chi connectivity index (χ4n) is 5.42. The number of amides is 6. The van der Waals surface area contributed by atoms with Crippen molar-refractivity contribution in [3.8, 4) is 5.75 Å². The van der Waals surface area contributed by atoms with Crippen molar-refractivity contribution in [1.82, 2.24) is 31.9 Å². The maximum Gasteiger partial charge on any atom is 0.326 e. The minimum Gasteiger partial charge on any atom is -0.484 e. The van der Waals surface area contributed by atoms with Gasteiger partial charge in [0.25, 0.3) is 5.91 Å². The van der Waals surface area contributed by atoms with E-state index >= 15 is 0 Å². The Morgan fingerprint density at radius 1 is 0.698 bits per heavy atom. The molecule has 0 aliphatic rings. The van der Waals surface area contributed by atoms with E-state index in [0.29, 0.717) is 5.56 Å². The highest BCUT2D eigenvalue weighted by Gasteiger charge is 2.26. The van der Waals surface area contributed by atoms with Crippen LogP contribution < -0.4 is 36.6 Å². The van der Waals surface area contributed by atoms with Crippen LogP contribution in [-0.2, 0) is 51.2 Å². The third-order valence-corrected chi connectivity index (χ3v) is 8.76. The van der Waals surface area contributed by atoms with Gasteiger partial charge in [0, 0.05) is 31.4 Å². The number of nitrogens with zero attached hydrogens (tertiary/aromatic N) is 1. The monoisotopic (exact) mass is 883 g/mol. The quantitative estimate of drug-likeness (QED) is 0.0186. The number of benzene rings is 2. The summed E-state index contributed by atoms with van der Waals surface area (Å²) in [7, 11) is 0. The minimum atomic E-state index is -1.56. The first kappa shape index (κ1) is 51.5. The maximum absolute atomic E-state index is 13.2.